The molecule has 1 unspecified atom stereocenters. The Morgan fingerprint density at radius 1 is 1.42 bits per heavy atom. The van der Waals surface area contributed by atoms with Crippen LogP contribution in [0.3, 0.4) is 0 Å². The minimum absolute atomic E-state index is 0.0595. The smallest absolute Gasteiger partial charge is 0.407 e. The number of alkyl carbamates (subject to hydrolysis) is 1. The van der Waals surface area contributed by atoms with E-state index in [1.807, 2.05) is 20.8 Å². The fraction of sp³-hybridized carbons (Fsp3) is 0.846. The van der Waals surface area contributed by atoms with E-state index >= 15 is 0 Å². The maximum atomic E-state index is 11.7. The van der Waals surface area contributed by atoms with Crippen LogP contribution in [0.4, 0.5) is 4.79 Å². The minimum atomic E-state index is -0.561. The van der Waals surface area contributed by atoms with Gasteiger partial charge >= 0.3 is 6.09 Å². The molecule has 0 spiro atoms. The molecule has 0 saturated heterocycles. The molecule has 2 atom stereocenters. The summed E-state index contributed by atoms with van der Waals surface area (Å²) in [5, 5.41) is 5.81. The summed E-state index contributed by atoms with van der Waals surface area (Å²) in [4.78, 5) is 23.3. The number of amides is 2. The van der Waals surface area contributed by atoms with Crippen molar-refractivity contribution in [3.05, 3.63) is 0 Å². The van der Waals surface area contributed by atoms with Crippen LogP contribution in [0.5, 0.6) is 0 Å². The van der Waals surface area contributed by atoms with Gasteiger partial charge in [0.1, 0.15) is 5.60 Å². The largest absolute Gasteiger partial charge is 0.444 e. The van der Waals surface area contributed by atoms with E-state index in [4.69, 9.17) is 10.5 Å². The lowest BCUT2D eigenvalue weighted by atomic mass is 9.85. The van der Waals surface area contributed by atoms with E-state index in [9.17, 15) is 9.59 Å². The van der Waals surface area contributed by atoms with Crippen molar-refractivity contribution >= 4 is 12.0 Å². The van der Waals surface area contributed by atoms with Crippen molar-refractivity contribution in [2.45, 2.75) is 51.7 Å². The topological polar surface area (TPSA) is 93.5 Å². The molecule has 110 valence electrons. The van der Waals surface area contributed by atoms with E-state index in [-0.39, 0.29) is 11.9 Å². The highest BCUT2D eigenvalue weighted by Crippen LogP contribution is 2.37. The van der Waals surface area contributed by atoms with Gasteiger partial charge in [-0.15, -0.1) is 0 Å². The van der Waals surface area contributed by atoms with Crippen LogP contribution in [0, 0.1) is 5.41 Å². The van der Waals surface area contributed by atoms with Gasteiger partial charge in [0.15, 0.2) is 0 Å². The third kappa shape index (κ3) is 4.38. The van der Waals surface area contributed by atoms with Crippen LogP contribution in [-0.4, -0.2) is 37.2 Å². The maximum Gasteiger partial charge on any atom is 0.407 e. The first-order valence-corrected chi connectivity index (χ1v) is 6.62. The molecule has 6 heteroatoms. The summed E-state index contributed by atoms with van der Waals surface area (Å²) in [6.07, 6.45) is 1.54. The highest BCUT2D eigenvalue weighted by Gasteiger charge is 2.44. The zero-order chi connectivity index (χ0) is 14.7. The number of hydrogen-bond acceptors (Lipinski definition) is 4. The second kappa shape index (κ2) is 5.77. The average Bonchev–Trinajstić information content (AvgIpc) is 2.60. The van der Waals surface area contributed by atoms with Crippen LogP contribution in [0.15, 0.2) is 0 Å². The Labute approximate surface area is 114 Å². The normalized spacial score (nSPS) is 27.1. The molecule has 0 radical (unpaired) electrons. The van der Waals surface area contributed by atoms with Gasteiger partial charge in [-0.25, -0.2) is 4.79 Å². The molecule has 4 N–H and O–H groups in total. The molecule has 1 aliphatic carbocycles. The Bertz CT molecular complexity index is 352. The second-order valence-corrected chi connectivity index (χ2v) is 6.26. The van der Waals surface area contributed by atoms with Gasteiger partial charge in [0.25, 0.3) is 0 Å². The molecule has 1 fully saturated rings. The molecule has 1 saturated carbocycles. The molecular formula is C13H25N3O3. The number of nitrogens with one attached hydrogen (secondary N) is 2. The maximum absolute atomic E-state index is 11.7. The summed E-state index contributed by atoms with van der Waals surface area (Å²) in [6, 6.07) is -0.0595. The van der Waals surface area contributed by atoms with E-state index in [2.05, 4.69) is 10.6 Å². The average molecular weight is 271 g/mol. The number of hydrogen-bond donors (Lipinski definition) is 3. The van der Waals surface area contributed by atoms with Crippen molar-refractivity contribution in [2.24, 2.45) is 11.1 Å². The first-order valence-electron chi connectivity index (χ1n) is 6.62. The van der Waals surface area contributed by atoms with E-state index < -0.39 is 17.1 Å². The molecule has 1 rings (SSSR count). The van der Waals surface area contributed by atoms with Crippen molar-refractivity contribution in [3.63, 3.8) is 0 Å². The SMILES string of the molecule is CNC[C@]1(C(N)=O)CCC(NC(=O)OC(C)(C)C)C1. The first kappa shape index (κ1) is 15.8. The number of rotatable bonds is 4. The monoisotopic (exact) mass is 271 g/mol. The summed E-state index contributed by atoms with van der Waals surface area (Å²) in [7, 11) is 1.79. The Kier molecular flexibility index (Phi) is 4.79. The van der Waals surface area contributed by atoms with Gasteiger partial charge in [0, 0.05) is 12.6 Å². The second-order valence-electron chi connectivity index (χ2n) is 6.26. The van der Waals surface area contributed by atoms with Crippen molar-refractivity contribution < 1.29 is 14.3 Å². The number of carbonyl (C=O) groups excluding carboxylic acids is 2. The predicted octanol–water partition coefficient (Wildman–Crippen LogP) is 0.755. The van der Waals surface area contributed by atoms with Crippen molar-refractivity contribution in [1.29, 1.82) is 0 Å². The van der Waals surface area contributed by atoms with Gasteiger partial charge < -0.3 is 21.1 Å². The van der Waals surface area contributed by atoms with E-state index in [1.54, 1.807) is 7.05 Å². The highest BCUT2D eigenvalue weighted by atomic mass is 16.6. The van der Waals surface area contributed by atoms with Gasteiger partial charge in [-0.2, -0.15) is 0 Å². The molecular weight excluding hydrogens is 246 g/mol. The van der Waals surface area contributed by atoms with Crippen molar-refractivity contribution in [2.75, 3.05) is 13.6 Å². The zero-order valence-corrected chi connectivity index (χ0v) is 12.2. The molecule has 19 heavy (non-hydrogen) atoms. The van der Waals surface area contributed by atoms with E-state index in [1.165, 1.54) is 0 Å². The summed E-state index contributed by atoms with van der Waals surface area (Å²) in [5.41, 5.74) is 4.41. The summed E-state index contributed by atoms with van der Waals surface area (Å²) < 4.78 is 5.21. The Hall–Kier alpha value is -1.30. The quantitative estimate of drug-likeness (QED) is 0.703. The Morgan fingerprint density at radius 3 is 2.53 bits per heavy atom. The predicted molar refractivity (Wildman–Crippen MR) is 72.6 cm³/mol. The number of nitrogens with two attached hydrogens (primary N) is 1. The van der Waals surface area contributed by atoms with Crippen LogP contribution in [-0.2, 0) is 9.53 Å². The molecule has 0 aliphatic heterocycles. The molecule has 0 bridgehead atoms. The number of primary amides is 1. The number of carbonyl (C=O) groups is 2. The standard InChI is InChI=1S/C13H25N3O3/c1-12(2,3)19-11(18)16-9-5-6-13(7-9,8-15-4)10(14)17/h9,15H,5-8H2,1-4H3,(H2,14,17)(H,16,18)/t9?,13-/m0/s1. The molecule has 0 aromatic heterocycles. The van der Waals surface area contributed by atoms with Crippen molar-refractivity contribution in [3.8, 4) is 0 Å². The van der Waals surface area contributed by atoms with Gasteiger partial charge in [-0.3, -0.25) is 4.79 Å². The van der Waals surface area contributed by atoms with E-state index in [0.717, 1.165) is 6.42 Å². The first-order chi connectivity index (χ1) is 8.68. The molecule has 0 heterocycles. The van der Waals surface area contributed by atoms with Gasteiger partial charge in [-0.1, -0.05) is 0 Å². The van der Waals surface area contributed by atoms with Crippen LogP contribution in [0.25, 0.3) is 0 Å². The fourth-order valence-electron chi connectivity index (χ4n) is 2.53. The molecule has 1 aliphatic rings. The molecule has 0 aromatic carbocycles. The summed E-state index contributed by atoms with van der Waals surface area (Å²) in [6.45, 7) is 5.98. The summed E-state index contributed by atoms with van der Waals surface area (Å²) >= 11 is 0. The zero-order valence-electron chi connectivity index (χ0n) is 12.2. The van der Waals surface area contributed by atoms with Crippen LogP contribution in [0.2, 0.25) is 0 Å². The number of ether oxygens (including phenoxy) is 1. The van der Waals surface area contributed by atoms with Crippen molar-refractivity contribution in [1.82, 2.24) is 10.6 Å². The summed E-state index contributed by atoms with van der Waals surface area (Å²) in [5.74, 6) is -0.310. The van der Waals surface area contributed by atoms with Gasteiger partial charge in [0.05, 0.1) is 5.41 Å². The lowest BCUT2D eigenvalue weighted by Crippen LogP contribution is -2.44. The van der Waals surface area contributed by atoms with Crippen LogP contribution < -0.4 is 16.4 Å². The molecule has 6 nitrogen and oxygen atoms in total. The van der Waals surface area contributed by atoms with E-state index in [0.29, 0.717) is 19.4 Å². The van der Waals surface area contributed by atoms with Gasteiger partial charge in [-0.05, 0) is 47.1 Å². The Balaban J connectivity index is 2.56. The van der Waals surface area contributed by atoms with Gasteiger partial charge in [0.2, 0.25) is 5.91 Å². The molecule has 2 amide bonds. The molecule has 0 aromatic rings. The minimum Gasteiger partial charge on any atom is -0.444 e. The third-order valence-corrected chi connectivity index (χ3v) is 3.37. The van der Waals surface area contributed by atoms with Crippen LogP contribution in [0.1, 0.15) is 40.0 Å². The Morgan fingerprint density at radius 2 is 2.05 bits per heavy atom. The highest BCUT2D eigenvalue weighted by molar-refractivity contribution is 5.81. The third-order valence-electron chi connectivity index (χ3n) is 3.37. The lowest BCUT2D eigenvalue weighted by Gasteiger charge is -2.26. The fourth-order valence-corrected chi connectivity index (χ4v) is 2.53. The lowest BCUT2D eigenvalue weighted by molar-refractivity contribution is -0.127. The van der Waals surface area contributed by atoms with Crippen LogP contribution >= 0.6 is 0 Å².